The molecule has 3 aliphatic rings. The van der Waals surface area contributed by atoms with E-state index in [1.54, 1.807) is 6.20 Å². The van der Waals surface area contributed by atoms with Gasteiger partial charge < -0.3 is 9.80 Å². The molecule has 0 aromatic carbocycles. The quantitative estimate of drug-likeness (QED) is 0.820. The second-order valence-electron chi connectivity index (χ2n) is 8.10. The number of aromatic nitrogens is 1. The fraction of sp³-hybridized carbons (Fsp3) is 0.667. The first-order valence-corrected chi connectivity index (χ1v) is 10.4. The maximum absolute atomic E-state index is 12.8. The van der Waals surface area contributed by atoms with Crippen LogP contribution in [0.25, 0.3) is 0 Å². The van der Waals surface area contributed by atoms with Crippen molar-refractivity contribution < 1.29 is 4.79 Å². The van der Waals surface area contributed by atoms with Gasteiger partial charge in [0.25, 0.3) is 0 Å². The summed E-state index contributed by atoms with van der Waals surface area (Å²) in [6, 6.07) is 6.49. The van der Waals surface area contributed by atoms with Gasteiger partial charge in [-0.3, -0.25) is 9.69 Å². The van der Waals surface area contributed by atoms with E-state index in [1.807, 2.05) is 12.1 Å². The Labute approximate surface area is 161 Å². The number of anilines is 1. The Morgan fingerprint density at radius 3 is 2.48 bits per heavy atom. The third-order valence-electron chi connectivity index (χ3n) is 6.40. The van der Waals surface area contributed by atoms with Gasteiger partial charge in [0.15, 0.2) is 0 Å². The van der Waals surface area contributed by atoms with Crippen LogP contribution in [-0.2, 0) is 4.79 Å². The average Bonchev–Trinajstić information content (AvgIpc) is 3.28. The van der Waals surface area contributed by atoms with Crippen molar-refractivity contribution in [2.45, 2.75) is 44.6 Å². The van der Waals surface area contributed by atoms with E-state index in [-0.39, 0.29) is 5.92 Å². The first kappa shape index (κ1) is 18.2. The molecule has 0 aliphatic carbocycles. The Hall–Kier alpha value is -2.13. The van der Waals surface area contributed by atoms with Crippen LogP contribution in [0.15, 0.2) is 18.3 Å². The molecule has 3 fully saturated rings. The average molecular weight is 367 g/mol. The van der Waals surface area contributed by atoms with E-state index >= 15 is 0 Å². The molecule has 0 saturated carbocycles. The highest BCUT2D eigenvalue weighted by Gasteiger charge is 2.34. The van der Waals surface area contributed by atoms with E-state index < -0.39 is 0 Å². The highest BCUT2D eigenvalue weighted by molar-refractivity contribution is 5.79. The van der Waals surface area contributed by atoms with E-state index in [4.69, 9.17) is 5.26 Å². The van der Waals surface area contributed by atoms with Crippen molar-refractivity contribution in [2.24, 2.45) is 5.92 Å². The maximum Gasteiger partial charge on any atom is 0.226 e. The summed E-state index contributed by atoms with van der Waals surface area (Å²) in [5.74, 6) is 1.57. The van der Waals surface area contributed by atoms with Gasteiger partial charge in [-0.1, -0.05) is 0 Å². The molecule has 6 nitrogen and oxygen atoms in total. The Morgan fingerprint density at radius 1 is 1.04 bits per heavy atom. The largest absolute Gasteiger partial charge is 0.357 e. The first-order chi connectivity index (χ1) is 13.2. The molecule has 3 aliphatic heterocycles. The van der Waals surface area contributed by atoms with E-state index in [0.717, 1.165) is 70.8 Å². The molecule has 1 amide bonds. The molecule has 3 saturated heterocycles. The summed E-state index contributed by atoms with van der Waals surface area (Å²) in [6.07, 6.45) is 8.43. The van der Waals surface area contributed by atoms with Crippen LogP contribution in [0.3, 0.4) is 0 Å². The Morgan fingerprint density at radius 2 is 1.81 bits per heavy atom. The van der Waals surface area contributed by atoms with E-state index in [9.17, 15) is 4.79 Å². The van der Waals surface area contributed by atoms with E-state index in [0.29, 0.717) is 17.5 Å². The summed E-state index contributed by atoms with van der Waals surface area (Å²) >= 11 is 0. The summed E-state index contributed by atoms with van der Waals surface area (Å²) in [4.78, 5) is 24.2. The van der Waals surface area contributed by atoms with Crippen molar-refractivity contribution in [1.82, 2.24) is 14.8 Å². The molecule has 4 rings (SSSR count). The molecule has 0 bridgehead atoms. The van der Waals surface area contributed by atoms with Crippen LogP contribution in [0, 0.1) is 17.2 Å². The van der Waals surface area contributed by atoms with Gasteiger partial charge in [0.1, 0.15) is 11.9 Å². The monoisotopic (exact) mass is 367 g/mol. The van der Waals surface area contributed by atoms with Crippen LogP contribution < -0.4 is 4.90 Å². The fourth-order valence-electron chi connectivity index (χ4n) is 4.83. The number of hydrogen-bond acceptors (Lipinski definition) is 5. The second kappa shape index (κ2) is 8.26. The van der Waals surface area contributed by atoms with Gasteiger partial charge in [-0.05, 0) is 57.2 Å². The number of hydrogen-bond donors (Lipinski definition) is 0. The first-order valence-electron chi connectivity index (χ1n) is 10.4. The number of piperidine rings is 2. The summed E-state index contributed by atoms with van der Waals surface area (Å²) in [5, 5.41) is 8.91. The number of pyridine rings is 1. The third kappa shape index (κ3) is 4.08. The number of nitriles is 1. The molecule has 1 atom stereocenters. The van der Waals surface area contributed by atoms with Crippen LogP contribution in [0.4, 0.5) is 5.82 Å². The molecular formula is C21H29N5O. The Kier molecular flexibility index (Phi) is 5.58. The predicted molar refractivity (Wildman–Crippen MR) is 104 cm³/mol. The lowest BCUT2D eigenvalue weighted by atomic mass is 9.93. The lowest BCUT2D eigenvalue weighted by Gasteiger charge is -2.42. The molecule has 27 heavy (non-hydrogen) atoms. The minimum Gasteiger partial charge on any atom is -0.357 e. The number of nitrogens with zero attached hydrogens (tertiary/aromatic N) is 5. The molecule has 0 spiro atoms. The zero-order valence-corrected chi connectivity index (χ0v) is 16.0. The molecule has 0 radical (unpaired) electrons. The van der Waals surface area contributed by atoms with Gasteiger partial charge >= 0.3 is 0 Å². The summed E-state index contributed by atoms with van der Waals surface area (Å²) in [6.45, 7) is 5.98. The second-order valence-corrected chi connectivity index (χ2v) is 8.10. The number of likely N-dealkylation sites (tertiary alicyclic amines) is 2. The van der Waals surface area contributed by atoms with Crippen molar-refractivity contribution in [3.05, 3.63) is 23.9 Å². The number of carbonyl (C=O) groups is 1. The minimum absolute atomic E-state index is 0.204. The normalized spacial score (nSPS) is 24.8. The van der Waals surface area contributed by atoms with Crippen molar-refractivity contribution >= 4 is 11.7 Å². The lowest BCUT2D eigenvalue weighted by molar-refractivity contribution is -0.136. The summed E-state index contributed by atoms with van der Waals surface area (Å²) in [7, 11) is 0. The smallest absolute Gasteiger partial charge is 0.226 e. The SMILES string of the molecule is N#Cc1ccc(N2CCC(N3CCC[C@@H](C(=O)N4CCCC4)C3)CC2)nc1. The number of rotatable bonds is 3. The topological polar surface area (TPSA) is 63.5 Å². The molecule has 6 heteroatoms. The van der Waals surface area contributed by atoms with Crippen LogP contribution in [-0.4, -0.2) is 66.0 Å². The summed E-state index contributed by atoms with van der Waals surface area (Å²) in [5.41, 5.74) is 0.607. The van der Waals surface area contributed by atoms with Gasteiger partial charge in [0.05, 0.1) is 11.5 Å². The molecular weight excluding hydrogens is 338 g/mol. The van der Waals surface area contributed by atoms with Gasteiger partial charge in [0, 0.05) is 45.0 Å². The highest BCUT2D eigenvalue weighted by atomic mass is 16.2. The Balaban J connectivity index is 1.30. The Bertz CT molecular complexity index is 684. The molecule has 4 heterocycles. The minimum atomic E-state index is 0.204. The van der Waals surface area contributed by atoms with Gasteiger partial charge in [-0.2, -0.15) is 5.26 Å². The molecule has 0 unspecified atom stereocenters. The molecule has 144 valence electrons. The summed E-state index contributed by atoms with van der Waals surface area (Å²) < 4.78 is 0. The fourth-order valence-corrected chi connectivity index (χ4v) is 4.83. The highest BCUT2D eigenvalue weighted by Crippen LogP contribution is 2.27. The zero-order chi connectivity index (χ0) is 18.6. The van der Waals surface area contributed by atoms with Gasteiger partial charge in [0.2, 0.25) is 5.91 Å². The molecule has 1 aromatic rings. The van der Waals surface area contributed by atoms with Crippen molar-refractivity contribution in [2.75, 3.05) is 44.2 Å². The van der Waals surface area contributed by atoms with Gasteiger partial charge in [-0.25, -0.2) is 4.98 Å². The van der Waals surface area contributed by atoms with E-state index in [2.05, 4.69) is 25.8 Å². The van der Waals surface area contributed by atoms with E-state index in [1.165, 1.54) is 12.8 Å². The van der Waals surface area contributed by atoms with Gasteiger partial charge in [-0.15, -0.1) is 0 Å². The zero-order valence-electron chi connectivity index (χ0n) is 16.0. The van der Waals surface area contributed by atoms with Crippen LogP contribution in [0.5, 0.6) is 0 Å². The standard InChI is InChI=1S/C21H29N5O/c22-14-17-5-6-20(23-15-17)24-12-7-19(8-13-24)26-11-3-4-18(16-26)21(27)25-9-1-2-10-25/h5-6,15,18-19H,1-4,7-13,16H2/t18-/m1/s1. The molecule has 1 aromatic heterocycles. The third-order valence-corrected chi connectivity index (χ3v) is 6.40. The van der Waals surface area contributed by atoms with Crippen molar-refractivity contribution in [1.29, 1.82) is 5.26 Å². The molecule has 0 N–H and O–H groups in total. The van der Waals surface area contributed by atoms with Crippen LogP contribution >= 0.6 is 0 Å². The van der Waals surface area contributed by atoms with Crippen molar-refractivity contribution in [3.63, 3.8) is 0 Å². The number of carbonyl (C=O) groups excluding carboxylic acids is 1. The number of amides is 1. The lowest BCUT2D eigenvalue weighted by Crippen LogP contribution is -2.51. The van der Waals surface area contributed by atoms with Crippen molar-refractivity contribution in [3.8, 4) is 6.07 Å². The van der Waals surface area contributed by atoms with Crippen LogP contribution in [0.2, 0.25) is 0 Å². The maximum atomic E-state index is 12.8. The van der Waals surface area contributed by atoms with Crippen LogP contribution in [0.1, 0.15) is 44.1 Å². The predicted octanol–water partition coefficient (Wildman–Crippen LogP) is 2.26.